The van der Waals surface area contributed by atoms with Crippen molar-refractivity contribution in [1.29, 1.82) is 0 Å². The van der Waals surface area contributed by atoms with E-state index in [1.54, 1.807) is 4.57 Å². The van der Waals surface area contributed by atoms with Gasteiger partial charge >= 0.3 is 0 Å². The van der Waals surface area contributed by atoms with Gasteiger partial charge in [0, 0.05) is 6.42 Å². The van der Waals surface area contributed by atoms with Crippen molar-refractivity contribution in [3.8, 4) is 0 Å². The molecule has 1 aliphatic rings. The molecule has 1 amide bonds. The number of benzene rings is 1. The Hall–Kier alpha value is -1.95. The first-order valence-corrected chi connectivity index (χ1v) is 8.61. The van der Waals surface area contributed by atoms with E-state index in [0.717, 1.165) is 37.9 Å². The highest BCUT2D eigenvalue weighted by Gasteiger charge is 2.21. The van der Waals surface area contributed by atoms with Crippen LogP contribution in [0.15, 0.2) is 24.3 Å². The minimum absolute atomic E-state index is 0.0124. The predicted molar refractivity (Wildman–Crippen MR) is 91.7 cm³/mol. The molecule has 2 N–H and O–H groups in total. The molecule has 122 valence electrons. The average molecular weight is 330 g/mol. The molecule has 0 spiro atoms. The van der Waals surface area contributed by atoms with Crippen LogP contribution >= 0.6 is 12.2 Å². The van der Waals surface area contributed by atoms with Gasteiger partial charge in [-0.3, -0.25) is 14.5 Å². The van der Waals surface area contributed by atoms with Gasteiger partial charge in [0.05, 0.1) is 6.04 Å². The van der Waals surface area contributed by atoms with Crippen LogP contribution in [0, 0.1) is 4.77 Å². The van der Waals surface area contributed by atoms with Gasteiger partial charge in [-0.25, -0.2) is 0 Å². The lowest BCUT2D eigenvalue weighted by molar-refractivity contribution is -0.122. The van der Waals surface area contributed by atoms with E-state index in [1.165, 1.54) is 11.1 Å². The normalized spacial score (nSPS) is 16.8. The van der Waals surface area contributed by atoms with Gasteiger partial charge in [-0.05, 0) is 49.0 Å². The third-order valence-electron chi connectivity index (χ3n) is 4.32. The summed E-state index contributed by atoms with van der Waals surface area (Å²) in [5, 5.41) is 10.2. The van der Waals surface area contributed by atoms with Gasteiger partial charge in [0.1, 0.15) is 12.4 Å². The molecule has 0 saturated heterocycles. The number of aromatic amines is 1. The monoisotopic (exact) mass is 330 g/mol. The number of nitrogens with zero attached hydrogens (tertiary/aromatic N) is 2. The van der Waals surface area contributed by atoms with Crippen LogP contribution in [0.3, 0.4) is 0 Å². The Balaban J connectivity index is 1.72. The molecule has 1 atom stereocenters. The van der Waals surface area contributed by atoms with Crippen LogP contribution in [0.4, 0.5) is 0 Å². The van der Waals surface area contributed by atoms with E-state index in [9.17, 15) is 4.79 Å². The van der Waals surface area contributed by atoms with E-state index in [2.05, 4.69) is 40.6 Å². The molecule has 0 bridgehead atoms. The number of H-pyrrole nitrogens is 1. The maximum Gasteiger partial charge on any atom is 0.240 e. The van der Waals surface area contributed by atoms with E-state index in [-0.39, 0.29) is 18.5 Å². The Kier molecular flexibility index (Phi) is 4.91. The van der Waals surface area contributed by atoms with Crippen LogP contribution in [0.5, 0.6) is 0 Å². The lowest BCUT2D eigenvalue weighted by Gasteiger charge is -2.26. The molecule has 1 unspecified atom stereocenters. The topological polar surface area (TPSA) is 62.7 Å². The molecule has 1 aliphatic carbocycles. The summed E-state index contributed by atoms with van der Waals surface area (Å²) >= 11 is 5.24. The fourth-order valence-corrected chi connectivity index (χ4v) is 3.43. The second kappa shape index (κ2) is 7.08. The molecule has 1 aromatic heterocycles. The van der Waals surface area contributed by atoms with Crippen LogP contribution in [0.2, 0.25) is 0 Å². The first-order valence-electron chi connectivity index (χ1n) is 8.20. The van der Waals surface area contributed by atoms with Crippen molar-refractivity contribution in [1.82, 2.24) is 20.1 Å². The van der Waals surface area contributed by atoms with Crippen molar-refractivity contribution >= 4 is 18.1 Å². The third kappa shape index (κ3) is 3.52. The highest BCUT2D eigenvalue weighted by molar-refractivity contribution is 7.71. The van der Waals surface area contributed by atoms with E-state index in [0.29, 0.717) is 4.77 Å². The number of fused-ring (bicyclic) bond motifs is 1. The first-order chi connectivity index (χ1) is 11.2. The molecule has 0 saturated carbocycles. The number of amides is 1. The quantitative estimate of drug-likeness (QED) is 0.828. The molecule has 5 nitrogen and oxygen atoms in total. The summed E-state index contributed by atoms with van der Waals surface area (Å²) in [6.07, 6.45) is 4.97. The zero-order valence-electron chi connectivity index (χ0n) is 13.3. The van der Waals surface area contributed by atoms with Crippen LogP contribution in [0.25, 0.3) is 0 Å². The minimum atomic E-state index is -0.0124. The maximum atomic E-state index is 12.5. The molecule has 1 heterocycles. The number of rotatable bonds is 5. The van der Waals surface area contributed by atoms with Crippen molar-refractivity contribution in [2.24, 2.45) is 0 Å². The van der Waals surface area contributed by atoms with E-state index >= 15 is 0 Å². The predicted octanol–water partition coefficient (Wildman–Crippen LogP) is 3.09. The van der Waals surface area contributed by atoms with E-state index < -0.39 is 0 Å². The second-order valence-corrected chi connectivity index (χ2v) is 6.38. The third-order valence-corrected chi connectivity index (χ3v) is 4.63. The fourth-order valence-electron chi connectivity index (χ4n) is 3.22. The van der Waals surface area contributed by atoms with Crippen molar-refractivity contribution in [2.45, 2.75) is 51.6 Å². The summed E-state index contributed by atoms with van der Waals surface area (Å²) in [4.78, 5) is 12.5. The van der Waals surface area contributed by atoms with Gasteiger partial charge in [0.15, 0.2) is 4.77 Å². The van der Waals surface area contributed by atoms with Crippen molar-refractivity contribution in [3.05, 3.63) is 46.0 Å². The summed E-state index contributed by atoms with van der Waals surface area (Å²) in [6.45, 7) is 2.31. The Morgan fingerprint density at radius 2 is 2.30 bits per heavy atom. The summed E-state index contributed by atoms with van der Waals surface area (Å²) < 4.78 is 2.30. The van der Waals surface area contributed by atoms with Gasteiger partial charge in [0.2, 0.25) is 5.91 Å². The Bertz CT molecular complexity index is 749. The Labute approximate surface area is 141 Å². The molecular formula is C17H22N4OS. The van der Waals surface area contributed by atoms with Crippen molar-refractivity contribution in [2.75, 3.05) is 0 Å². The van der Waals surface area contributed by atoms with Gasteiger partial charge in [0.25, 0.3) is 0 Å². The molecular weight excluding hydrogens is 308 g/mol. The SMILES string of the molecule is CCCc1n[nH]c(=S)n1CC(=O)NC1CCCc2ccccc21. The fraction of sp³-hybridized carbons (Fsp3) is 0.471. The Morgan fingerprint density at radius 3 is 3.13 bits per heavy atom. The molecule has 23 heavy (non-hydrogen) atoms. The lowest BCUT2D eigenvalue weighted by Crippen LogP contribution is -2.33. The zero-order chi connectivity index (χ0) is 16.2. The van der Waals surface area contributed by atoms with Crippen LogP contribution in [-0.4, -0.2) is 20.7 Å². The lowest BCUT2D eigenvalue weighted by atomic mass is 9.88. The molecule has 3 rings (SSSR count). The standard InChI is InChI=1S/C17H22N4OS/c1-2-6-15-19-20-17(23)21(15)11-16(22)18-14-10-5-8-12-7-3-4-9-13(12)14/h3-4,7,9,14H,2,5-6,8,10-11H2,1H3,(H,18,22)(H,20,23). The molecule has 1 aromatic carbocycles. The number of hydrogen-bond acceptors (Lipinski definition) is 3. The summed E-state index contributed by atoms with van der Waals surface area (Å²) in [5.74, 6) is 0.832. The Morgan fingerprint density at radius 1 is 1.48 bits per heavy atom. The first kappa shape index (κ1) is 15.9. The minimum Gasteiger partial charge on any atom is -0.348 e. The number of carbonyl (C=O) groups is 1. The summed E-state index contributed by atoms with van der Waals surface area (Å²) in [5.41, 5.74) is 2.59. The summed E-state index contributed by atoms with van der Waals surface area (Å²) in [6, 6.07) is 8.47. The van der Waals surface area contributed by atoms with E-state index in [4.69, 9.17) is 12.2 Å². The summed E-state index contributed by atoms with van der Waals surface area (Å²) in [7, 11) is 0. The smallest absolute Gasteiger partial charge is 0.240 e. The van der Waals surface area contributed by atoms with Crippen LogP contribution in [0.1, 0.15) is 49.2 Å². The van der Waals surface area contributed by atoms with E-state index in [1.807, 2.05) is 6.07 Å². The number of aryl methyl sites for hydroxylation is 2. The number of hydrogen-bond donors (Lipinski definition) is 2. The zero-order valence-corrected chi connectivity index (χ0v) is 14.2. The van der Waals surface area contributed by atoms with Crippen molar-refractivity contribution in [3.63, 3.8) is 0 Å². The molecule has 2 aromatic rings. The number of nitrogens with one attached hydrogen (secondary N) is 2. The number of carbonyl (C=O) groups excluding carboxylic acids is 1. The van der Waals surface area contributed by atoms with Crippen molar-refractivity contribution < 1.29 is 4.79 Å². The van der Waals surface area contributed by atoms with Crippen LogP contribution in [-0.2, 0) is 24.2 Å². The van der Waals surface area contributed by atoms with Gasteiger partial charge in [-0.1, -0.05) is 31.2 Å². The average Bonchev–Trinajstić information content (AvgIpc) is 2.89. The molecule has 0 fully saturated rings. The molecule has 0 radical (unpaired) electrons. The van der Waals surface area contributed by atoms with Gasteiger partial charge in [-0.15, -0.1) is 0 Å². The largest absolute Gasteiger partial charge is 0.348 e. The maximum absolute atomic E-state index is 12.5. The second-order valence-electron chi connectivity index (χ2n) is 5.99. The van der Waals surface area contributed by atoms with Gasteiger partial charge in [-0.2, -0.15) is 5.10 Å². The highest BCUT2D eigenvalue weighted by atomic mass is 32.1. The number of aromatic nitrogens is 3. The molecule has 6 heteroatoms. The van der Waals surface area contributed by atoms with Gasteiger partial charge < -0.3 is 5.32 Å². The van der Waals surface area contributed by atoms with Crippen LogP contribution < -0.4 is 5.32 Å². The molecule has 0 aliphatic heterocycles. The highest BCUT2D eigenvalue weighted by Crippen LogP contribution is 2.29.